The fourth-order valence-corrected chi connectivity index (χ4v) is 3.78. The topological polar surface area (TPSA) is 40.7 Å². The van der Waals surface area contributed by atoms with Crippen LogP contribution in [-0.2, 0) is 19.6 Å². The first-order valence-electron chi connectivity index (χ1n) is 8.92. The molecule has 1 atom stereocenters. The number of rotatable bonds is 4. The Morgan fingerprint density at radius 2 is 1.96 bits per heavy atom. The van der Waals surface area contributed by atoms with Gasteiger partial charge in [-0.3, -0.25) is 9.80 Å². The van der Waals surface area contributed by atoms with Crippen molar-refractivity contribution in [2.75, 3.05) is 39.8 Å². The maximum absolute atomic E-state index is 5.51. The van der Waals surface area contributed by atoms with E-state index in [0.717, 1.165) is 58.1 Å². The van der Waals surface area contributed by atoms with Crippen molar-refractivity contribution < 1.29 is 4.42 Å². The number of piperazine rings is 1. The molecule has 2 aliphatic rings. The monoisotopic (exact) mass is 329 g/mol. The highest BCUT2D eigenvalue weighted by Gasteiger charge is 2.28. The molecular formula is C18H27N5O. The predicted octanol–water partition coefficient (Wildman–Crippen LogP) is 1.80. The lowest BCUT2D eigenvalue weighted by atomic mass is 10.2. The smallest absolute Gasteiger partial charge is 0.126 e. The summed E-state index contributed by atoms with van der Waals surface area (Å²) in [5, 5.41) is 0. The molecule has 0 spiro atoms. The molecule has 130 valence electrons. The number of fused-ring (bicyclic) bond motifs is 1. The molecule has 0 aliphatic carbocycles. The Hall–Kier alpha value is -1.63. The molecule has 0 N–H and O–H groups in total. The fourth-order valence-electron chi connectivity index (χ4n) is 3.78. The SMILES string of the molecule is C[C@H]1c2ncc(CN3CCN(C)CC3)n2CCN1Cc1ccco1. The van der Waals surface area contributed by atoms with Crippen LogP contribution in [0.1, 0.15) is 30.2 Å². The molecular weight excluding hydrogens is 302 g/mol. The van der Waals surface area contributed by atoms with Gasteiger partial charge in [0, 0.05) is 52.0 Å². The van der Waals surface area contributed by atoms with Gasteiger partial charge in [0.05, 0.1) is 24.5 Å². The zero-order chi connectivity index (χ0) is 16.5. The average Bonchev–Trinajstić information content (AvgIpc) is 3.23. The van der Waals surface area contributed by atoms with Gasteiger partial charge in [0.1, 0.15) is 11.6 Å². The summed E-state index contributed by atoms with van der Waals surface area (Å²) in [5.74, 6) is 2.22. The first-order chi connectivity index (χ1) is 11.7. The minimum atomic E-state index is 0.324. The normalized spacial score (nSPS) is 23.5. The van der Waals surface area contributed by atoms with Crippen molar-refractivity contribution >= 4 is 0 Å². The minimum Gasteiger partial charge on any atom is -0.468 e. The molecule has 0 amide bonds. The zero-order valence-electron chi connectivity index (χ0n) is 14.7. The van der Waals surface area contributed by atoms with E-state index in [1.807, 2.05) is 12.1 Å². The molecule has 6 heteroatoms. The Bertz CT molecular complexity index is 657. The van der Waals surface area contributed by atoms with Crippen LogP contribution in [0, 0.1) is 0 Å². The molecule has 2 aromatic heterocycles. The number of imidazole rings is 1. The van der Waals surface area contributed by atoms with Crippen LogP contribution < -0.4 is 0 Å². The van der Waals surface area contributed by atoms with Crippen molar-refractivity contribution in [3.8, 4) is 0 Å². The highest BCUT2D eigenvalue weighted by Crippen LogP contribution is 2.27. The standard InChI is InChI=1S/C18H27N5O/c1-15-18-19-12-16(13-21-7-5-20(2)6-8-21)23(18)10-9-22(15)14-17-4-3-11-24-17/h3-4,11-12,15H,5-10,13-14H2,1-2H3/t15-/m0/s1. The van der Waals surface area contributed by atoms with Crippen LogP contribution in [-0.4, -0.2) is 64.0 Å². The summed E-state index contributed by atoms with van der Waals surface area (Å²) in [6.07, 6.45) is 3.83. The van der Waals surface area contributed by atoms with E-state index < -0.39 is 0 Å². The van der Waals surface area contributed by atoms with Crippen molar-refractivity contribution in [3.05, 3.63) is 41.9 Å². The first kappa shape index (κ1) is 15.9. The third kappa shape index (κ3) is 3.14. The van der Waals surface area contributed by atoms with Gasteiger partial charge in [-0.25, -0.2) is 4.98 Å². The number of hydrogen-bond donors (Lipinski definition) is 0. The van der Waals surface area contributed by atoms with E-state index in [1.165, 1.54) is 11.5 Å². The zero-order valence-corrected chi connectivity index (χ0v) is 14.7. The summed E-state index contributed by atoms with van der Waals surface area (Å²) in [6, 6.07) is 4.33. The first-order valence-corrected chi connectivity index (χ1v) is 8.92. The second-order valence-corrected chi connectivity index (χ2v) is 7.06. The van der Waals surface area contributed by atoms with Crippen molar-refractivity contribution in [2.24, 2.45) is 0 Å². The van der Waals surface area contributed by atoms with Crippen molar-refractivity contribution in [3.63, 3.8) is 0 Å². The fraction of sp³-hybridized carbons (Fsp3) is 0.611. The molecule has 0 bridgehead atoms. The molecule has 1 saturated heterocycles. The van der Waals surface area contributed by atoms with Crippen molar-refractivity contribution in [2.45, 2.75) is 32.6 Å². The van der Waals surface area contributed by atoms with E-state index >= 15 is 0 Å². The molecule has 24 heavy (non-hydrogen) atoms. The third-order valence-corrected chi connectivity index (χ3v) is 5.42. The van der Waals surface area contributed by atoms with E-state index in [4.69, 9.17) is 9.40 Å². The summed E-state index contributed by atoms with van der Waals surface area (Å²) in [4.78, 5) is 12.1. The van der Waals surface area contributed by atoms with Gasteiger partial charge >= 0.3 is 0 Å². The summed E-state index contributed by atoms with van der Waals surface area (Å²) < 4.78 is 7.94. The minimum absolute atomic E-state index is 0.324. The number of aromatic nitrogens is 2. The second-order valence-electron chi connectivity index (χ2n) is 7.06. The molecule has 4 rings (SSSR count). The molecule has 2 aliphatic heterocycles. The lowest BCUT2D eigenvalue weighted by Gasteiger charge is -2.35. The highest BCUT2D eigenvalue weighted by molar-refractivity contribution is 5.12. The second kappa shape index (κ2) is 6.70. The Kier molecular flexibility index (Phi) is 4.43. The maximum Gasteiger partial charge on any atom is 0.126 e. The molecule has 0 aromatic carbocycles. The van der Waals surface area contributed by atoms with Crippen LogP contribution in [0.3, 0.4) is 0 Å². The summed E-state index contributed by atoms with van der Waals surface area (Å²) in [6.45, 7) is 10.8. The highest BCUT2D eigenvalue weighted by atomic mass is 16.3. The van der Waals surface area contributed by atoms with Crippen LogP contribution in [0.4, 0.5) is 0 Å². The van der Waals surface area contributed by atoms with Crippen LogP contribution >= 0.6 is 0 Å². The third-order valence-electron chi connectivity index (χ3n) is 5.42. The molecule has 2 aromatic rings. The lowest BCUT2D eigenvalue weighted by molar-refractivity contribution is 0.132. The molecule has 6 nitrogen and oxygen atoms in total. The Morgan fingerprint density at radius 3 is 2.71 bits per heavy atom. The van der Waals surface area contributed by atoms with Crippen molar-refractivity contribution in [1.29, 1.82) is 0 Å². The Morgan fingerprint density at radius 1 is 1.12 bits per heavy atom. The average molecular weight is 329 g/mol. The van der Waals surface area contributed by atoms with Gasteiger partial charge in [-0.15, -0.1) is 0 Å². The number of hydrogen-bond acceptors (Lipinski definition) is 5. The Balaban J connectivity index is 1.44. The maximum atomic E-state index is 5.51. The van der Waals surface area contributed by atoms with Gasteiger partial charge in [-0.1, -0.05) is 0 Å². The Labute approximate surface area is 143 Å². The predicted molar refractivity (Wildman–Crippen MR) is 92.5 cm³/mol. The van der Waals surface area contributed by atoms with E-state index in [1.54, 1.807) is 6.26 Å². The summed E-state index contributed by atoms with van der Waals surface area (Å²) in [7, 11) is 2.20. The van der Waals surface area contributed by atoms with Gasteiger partial charge in [-0.2, -0.15) is 0 Å². The van der Waals surface area contributed by atoms with Crippen LogP contribution in [0.15, 0.2) is 29.0 Å². The van der Waals surface area contributed by atoms with Crippen LogP contribution in [0.25, 0.3) is 0 Å². The quantitative estimate of drug-likeness (QED) is 0.855. The summed E-state index contributed by atoms with van der Waals surface area (Å²) in [5.41, 5.74) is 1.36. The molecule has 4 heterocycles. The van der Waals surface area contributed by atoms with Gasteiger partial charge in [-0.05, 0) is 26.1 Å². The van der Waals surface area contributed by atoms with Gasteiger partial charge in [0.25, 0.3) is 0 Å². The van der Waals surface area contributed by atoms with E-state index in [9.17, 15) is 0 Å². The van der Waals surface area contributed by atoms with E-state index in [0.29, 0.717) is 6.04 Å². The molecule has 1 fully saturated rings. The van der Waals surface area contributed by atoms with Gasteiger partial charge in [0.15, 0.2) is 0 Å². The molecule has 0 radical (unpaired) electrons. The number of furan rings is 1. The summed E-state index contributed by atoms with van der Waals surface area (Å²) >= 11 is 0. The lowest BCUT2D eigenvalue weighted by Crippen LogP contribution is -2.44. The van der Waals surface area contributed by atoms with Crippen molar-refractivity contribution in [1.82, 2.24) is 24.3 Å². The molecule has 0 saturated carbocycles. The van der Waals surface area contributed by atoms with Crippen LogP contribution in [0.5, 0.6) is 0 Å². The number of nitrogens with zero attached hydrogens (tertiary/aromatic N) is 5. The van der Waals surface area contributed by atoms with E-state index in [-0.39, 0.29) is 0 Å². The number of likely N-dealkylation sites (N-methyl/N-ethyl adjacent to an activating group) is 1. The van der Waals surface area contributed by atoms with Gasteiger partial charge < -0.3 is 13.9 Å². The van der Waals surface area contributed by atoms with Crippen LogP contribution in [0.2, 0.25) is 0 Å². The van der Waals surface area contributed by atoms with Gasteiger partial charge in [0.2, 0.25) is 0 Å². The largest absolute Gasteiger partial charge is 0.468 e. The molecule has 0 unspecified atom stereocenters. The van der Waals surface area contributed by atoms with E-state index in [2.05, 4.69) is 39.4 Å².